The first kappa shape index (κ1) is 37.7. The third-order valence-electron chi connectivity index (χ3n) is 7.76. The number of pyridine rings is 2. The number of ether oxygens (including phenoxy) is 2. The number of aromatic nitrogens is 2. The summed E-state index contributed by atoms with van der Waals surface area (Å²) in [6, 6.07) is 25.9. The van der Waals surface area contributed by atoms with Crippen molar-refractivity contribution in [1.82, 2.24) is 9.97 Å². The van der Waals surface area contributed by atoms with Crippen molar-refractivity contribution in [2.45, 2.75) is 33.9 Å². The molecule has 6 aromatic rings. The Hall–Kier alpha value is -4.58. The van der Waals surface area contributed by atoms with E-state index in [4.69, 9.17) is 21.1 Å². The topological polar surface area (TPSA) is 84.2 Å². The van der Waals surface area contributed by atoms with Gasteiger partial charge < -0.3 is 19.4 Å². The molecule has 0 aliphatic rings. The number of halogens is 6. The van der Waals surface area contributed by atoms with Crippen LogP contribution in [0, 0.1) is 27.7 Å². The van der Waals surface area contributed by atoms with E-state index in [2.05, 4.69) is 41.8 Å². The van der Waals surface area contributed by atoms with Crippen molar-refractivity contribution >= 4 is 43.5 Å². The predicted octanol–water partition coefficient (Wildman–Crippen LogP) is 12.1. The van der Waals surface area contributed by atoms with Crippen LogP contribution in [0.2, 0.25) is 5.02 Å². The van der Waals surface area contributed by atoms with Crippen LogP contribution in [0.3, 0.4) is 0 Å². The van der Waals surface area contributed by atoms with Gasteiger partial charge in [-0.1, -0.05) is 35.9 Å². The van der Waals surface area contributed by atoms with Crippen LogP contribution in [0.15, 0.2) is 116 Å². The molecule has 4 aromatic carbocycles. The molecule has 0 unspecified atom stereocenters. The standard InChI is InChI=1S/C20H15BrF3NO2.C19H15BrClNO2/c1-11-17(19(26)18(21)12(2)25-11)13-3-7-15(8-4-13)27-16-9-5-14(6-10-16)20(22,23)24;1-11-17(19(23)18(20)12(2)22-11)13-3-7-15(8-4-13)24-16-9-5-14(21)6-10-16/h3-10H,1-2H3,(H,25,26);3-10H,1-2H3,(H,22,23). The minimum absolute atomic E-state index is 0.0184. The van der Waals surface area contributed by atoms with Gasteiger partial charge in [0, 0.05) is 38.9 Å². The number of benzene rings is 4. The van der Waals surface area contributed by atoms with Crippen LogP contribution >= 0.6 is 43.5 Å². The Morgan fingerprint density at radius 2 is 0.843 bits per heavy atom. The highest BCUT2D eigenvalue weighted by molar-refractivity contribution is 9.10. The maximum absolute atomic E-state index is 12.6. The average molecular weight is 843 g/mol. The number of aryl methyl sites for hydroxylation is 4. The monoisotopic (exact) mass is 840 g/mol. The minimum Gasteiger partial charge on any atom is -0.457 e. The summed E-state index contributed by atoms with van der Waals surface area (Å²) in [5.74, 6) is 2.15. The summed E-state index contributed by atoms with van der Waals surface area (Å²) in [5.41, 5.74) is 5.07. The number of hydrogen-bond acceptors (Lipinski definition) is 4. The number of aromatic amines is 2. The van der Waals surface area contributed by atoms with E-state index in [1.54, 1.807) is 36.4 Å². The first-order valence-electron chi connectivity index (χ1n) is 15.4. The second kappa shape index (κ2) is 15.8. The maximum Gasteiger partial charge on any atom is 0.416 e. The normalized spacial score (nSPS) is 11.1. The van der Waals surface area contributed by atoms with Crippen LogP contribution in [-0.4, -0.2) is 9.97 Å². The SMILES string of the molecule is Cc1[nH]c(C)c(-c2ccc(Oc3ccc(C(F)(F)F)cc3)cc2)c(=O)c1Br.Cc1[nH]c(C)c(-c2ccc(Oc3ccc(Cl)cc3)cc2)c(=O)c1Br. The molecule has 0 radical (unpaired) electrons. The largest absolute Gasteiger partial charge is 0.457 e. The molecule has 0 saturated carbocycles. The fraction of sp³-hybridized carbons (Fsp3) is 0.128. The first-order valence-corrected chi connectivity index (χ1v) is 17.4. The van der Waals surface area contributed by atoms with Crippen molar-refractivity contribution in [2.75, 3.05) is 0 Å². The third-order valence-corrected chi connectivity index (χ3v) is 9.93. The fourth-order valence-electron chi connectivity index (χ4n) is 5.26. The van der Waals surface area contributed by atoms with Gasteiger partial charge in [0.1, 0.15) is 23.0 Å². The van der Waals surface area contributed by atoms with Gasteiger partial charge in [0.2, 0.25) is 10.9 Å². The molecule has 0 aliphatic carbocycles. The Kier molecular flexibility index (Phi) is 11.6. The molecule has 0 aliphatic heterocycles. The Morgan fingerprint density at radius 3 is 1.18 bits per heavy atom. The average Bonchev–Trinajstić information content (AvgIpc) is 3.09. The van der Waals surface area contributed by atoms with E-state index >= 15 is 0 Å². The summed E-state index contributed by atoms with van der Waals surface area (Å²) >= 11 is 12.5. The molecule has 12 heteroatoms. The molecule has 51 heavy (non-hydrogen) atoms. The Morgan fingerprint density at radius 1 is 0.529 bits per heavy atom. The lowest BCUT2D eigenvalue weighted by Crippen LogP contribution is -2.11. The van der Waals surface area contributed by atoms with Crippen LogP contribution in [-0.2, 0) is 6.18 Å². The number of rotatable bonds is 6. The van der Waals surface area contributed by atoms with E-state index in [1.165, 1.54) is 12.1 Å². The van der Waals surface area contributed by atoms with Crippen LogP contribution in [0.1, 0.15) is 28.3 Å². The lowest BCUT2D eigenvalue weighted by atomic mass is 10.0. The highest BCUT2D eigenvalue weighted by Gasteiger charge is 2.30. The van der Waals surface area contributed by atoms with E-state index < -0.39 is 11.7 Å². The number of H-pyrrole nitrogens is 2. The minimum atomic E-state index is -4.38. The van der Waals surface area contributed by atoms with E-state index in [0.29, 0.717) is 53.7 Å². The zero-order chi connectivity index (χ0) is 37.0. The molecule has 0 amide bonds. The zero-order valence-electron chi connectivity index (χ0n) is 27.6. The summed E-state index contributed by atoms with van der Waals surface area (Å²) in [6.45, 7) is 7.39. The summed E-state index contributed by atoms with van der Waals surface area (Å²) in [4.78, 5) is 31.4. The van der Waals surface area contributed by atoms with Gasteiger partial charge in [-0.3, -0.25) is 9.59 Å². The number of alkyl halides is 3. The molecule has 2 aromatic heterocycles. The van der Waals surface area contributed by atoms with Crippen LogP contribution in [0.4, 0.5) is 13.2 Å². The van der Waals surface area contributed by atoms with Crippen molar-refractivity contribution in [1.29, 1.82) is 0 Å². The van der Waals surface area contributed by atoms with Crippen molar-refractivity contribution < 1.29 is 22.6 Å². The van der Waals surface area contributed by atoms with Crippen LogP contribution < -0.4 is 20.3 Å². The highest BCUT2D eigenvalue weighted by atomic mass is 79.9. The van der Waals surface area contributed by atoms with Crippen molar-refractivity contribution in [3.05, 3.63) is 160 Å². The smallest absolute Gasteiger partial charge is 0.416 e. The Labute approximate surface area is 313 Å². The van der Waals surface area contributed by atoms with Gasteiger partial charge in [-0.25, -0.2) is 0 Å². The van der Waals surface area contributed by atoms with Gasteiger partial charge in [0.25, 0.3) is 0 Å². The Bertz CT molecular complexity index is 2290. The molecule has 0 spiro atoms. The first-order chi connectivity index (χ1) is 24.1. The third kappa shape index (κ3) is 9.02. The molecule has 262 valence electrons. The van der Waals surface area contributed by atoms with Crippen LogP contribution in [0.5, 0.6) is 23.0 Å². The van der Waals surface area contributed by atoms with Gasteiger partial charge in [0.15, 0.2) is 0 Å². The molecule has 6 nitrogen and oxygen atoms in total. The van der Waals surface area contributed by atoms with Gasteiger partial charge in [0.05, 0.1) is 14.5 Å². The van der Waals surface area contributed by atoms with Crippen molar-refractivity contribution in [2.24, 2.45) is 0 Å². The van der Waals surface area contributed by atoms with Gasteiger partial charge in [-0.15, -0.1) is 0 Å². The molecule has 0 fully saturated rings. The lowest BCUT2D eigenvalue weighted by Gasteiger charge is -2.11. The summed E-state index contributed by atoms with van der Waals surface area (Å²) in [5, 5.41) is 0.664. The van der Waals surface area contributed by atoms with Gasteiger partial charge in [-0.2, -0.15) is 13.2 Å². The number of nitrogens with one attached hydrogen (secondary N) is 2. The van der Waals surface area contributed by atoms with E-state index in [1.807, 2.05) is 64.1 Å². The molecule has 6 rings (SSSR count). The number of hydrogen-bond donors (Lipinski definition) is 2. The molecule has 0 atom stereocenters. The van der Waals surface area contributed by atoms with E-state index in [0.717, 1.165) is 40.5 Å². The lowest BCUT2D eigenvalue weighted by molar-refractivity contribution is -0.137. The molecular formula is C39H30Br2ClF3N2O4. The second-order valence-corrected chi connectivity index (χ2v) is 13.5. The van der Waals surface area contributed by atoms with Gasteiger partial charge in [-0.05, 0) is 143 Å². The zero-order valence-corrected chi connectivity index (χ0v) is 31.6. The highest BCUT2D eigenvalue weighted by Crippen LogP contribution is 2.32. The van der Waals surface area contributed by atoms with Gasteiger partial charge >= 0.3 is 6.18 Å². The fourth-order valence-corrected chi connectivity index (χ4v) is 5.98. The van der Waals surface area contributed by atoms with Crippen molar-refractivity contribution in [3.8, 4) is 45.3 Å². The van der Waals surface area contributed by atoms with E-state index in [9.17, 15) is 22.8 Å². The quantitative estimate of drug-likeness (QED) is 0.175. The molecule has 2 heterocycles. The second-order valence-electron chi connectivity index (χ2n) is 11.5. The van der Waals surface area contributed by atoms with Crippen LogP contribution in [0.25, 0.3) is 22.3 Å². The molecule has 0 bridgehead atoms. The predicted molar refractivity (Wildman–Crippen MR) is 202 cm³/mol. The van der Waals surface area contributed by atoms with E-state index in [-0.39, 0.29) is 10.9 Å². The molecule has 0 saturated heterocycles. The summed E-state index contributed by atoms with van der Waals surface area (Å²) in [6.07, 6.45) is -4.38. The maximum atomic E-state index is 12.6. The summed E-state index contributed by atoms with van der Waals surface area (Å²) in [7, 11) is 0. The summed E-state index contributed by atoms with van der Waals surface area (Å²) < 4.78 is 50.2. The Balaban J connectivity index is 0.000000199. The molecule has 2 N–H and O–H groups in total. The molecular weight excluding hydrogens is 813 g/mol. The van der Waals surface area contributed by atoms with Crippen molar-refractivity contribution in [3.63, 3.8) is 0 Å².